The van der Waals surface area contributed by atoms with Gasteiger partial charge in [-0.1, -0.05) is 66.7 Å². The molecule has 0 radical (unpaired) electrons. The molecule has 1 amide bonds. The molecule has 0 bridgehead atoms. The second kappa shape index (κ2) is 7.94. The highest BCUT2D eigenvalue weighted by Gasteiger charge is 2.60. The van der Waals surface area contributed by atoms with Crippen LogP contribution in [0.3, 0.4) is 0 Å². The van der Waals surface area contributed by atoms with Gasteiger partial charge in [0.1, 0.15) is 17.9 Å². The lowest BCUT2D eigenvalue weighted by molar-refractivity contribution is -0.152. The molecule has 2 saturated heterocycles. The van der Waals surface area contributed by atoms with Gasteiger partial charge in [0.15, 0.2) is 0 Å². The zero-order valence-corrected chi connectivity index (χ0v) is 16.8. The van der Waals surface area contributed by atoms with E-state index < -0.39 is 17.8 Å². The van der Waals surface area contributed by atoms with Gasteiger partial charge < -0.3 is 15.4 Å². The molecule has 156 valence electrons. The number of fused-ring (bicyclic) bond motifs is 1. The first kappa shape index (κ1) is 19.4. The molecule has 2 aliphatic rings. The predicted octanol–water partition coefficient (Wildman–Crippen LogP) is 2.12. The first-order valence-corrected chi connectivity index (χ1v) is 10.2. The molecular formula is C24H22N4O3. The number of piperazine rings is 1. The van der Waals surface area contributed by atoms with Gasteiger partial charge in [0, 0.05) is 30.4 Å². The largest absolute Gasteiger partial charge is 0.434 e. The van der Waals surface area contributed by atoms with Crippen molar-refractivity contribution in [3.8, 4) is 0 Å². The van der Waals surface area contributed by atoms with Crippen LogP contribution in [0.5, 0.6) is 0 Å². The normalized spacial score (nSPS) is 22.4. The van der Waals surface area contributed by atoms with Crippen LogP contribution in [0.25, 0.3) is 0 Å². The second-order valence-corrected chi connectivity index (χ2v) is 7.60. The maximum Gasteiger partial charge on any atom is 0.327 e. The average molecular weight is 414 g/mol. The molecule has 7 nitrogen and oxygen atoms in total. The summed E-state index contributed by atoms with van der Waals surface area (Å²) < 4.78 is 6.15. The molecule has 0 spiro atoms. The van der Waals surface area contributed by atoms with Crippen molar-refractivity contribution < 1.29 is 14.3 Å². The van der Waals surface area contributed by atoms with Crippen LogP contribution in [0.15, 0.2) is 85.1 Å². The Kier molecular flexibility index (Phi) is 4.97. The standard InChI is InChI=1S/C24H22N4O3/c29-22(27-21-13-7-8-14-26-21)19-15-25-16-20-23(30)31-24(28(19)20,17-9-3-1-4-10-17)18-11-5-2-6-12-18/h1-14,19-20,25H,15-16H2,(H,26,27,29). The number of rotatable bonds is 4. The van der Waals surface area contributed by atoms with E-state index in [0.29, 0.717) is 18.9 Å². The molecular weight excluding hydrogens is 392 g/mol. The molecule has 3 heterocycles. The number of carbonyl (C=O) groups is 2. The van der Waals surface area contributed by atoms with E-state index in [1.807, 2.05) is 71.6 Å². The molecule has 7 heteroatoms. The van der Waals surface area contributed by atoms with Crippen molar-refractivity contribution in [3.05, 3.63) is 96.2 Å². The fourth-order valence-electron chi connectivity index (χ4n) is 4.45. The first-order chi connectivity index (χ1) is 15.2. The van der Waals surface area contributed by atoms with E-state index in [4.69, 9.17) is 4.74 Å². The van der Waals surface area contributed by atoms with Crippen molar-refractivity contribution in [1.29, 1.82) is 0 Å². The summed E-state index contributed by atoms with van der Waals surface area (Å²) in [5, 5.41) is 6.10. The van der Waals surface area contributed by atoms with Gasteiger partial charge in [-0.15, -0.1) is 0 Å². The fraction of sp³-hybridized carbons (Fsp3) is 0.208. The summed E-state index contributed by atoms with van der Waals surface area (Å²) >= 11 is 0. The van der Waals surface area contributed by atoms with E-state index in [-0.39, 0.29) is 11.9 Å². The summed E-state index contributed by atoms with van der Waals surface area (Å²) in [5.41, 5.74) is 0.405. The summed E-state index contributed by atoms with van der Waals surface area (Å²) in [6, 6.07) is 23.3. The third-order valence-corrected chi connectivity index (χ3v) is 5.78. The van der Waals surface area contributed by atoms with E-state index in [2.05, 4.69) is 15.6 Å². The molecule has 2 N–H and O–H groups in total. The van der Waals surface area contributed by atoms with Crippen LogP contribution in [-0.4, -0.2) is 46.9 Å². The fourth-order valence-corrected chi connectivity index (χ4v) is 4.45. The Bertz CT molecular complexity index is 1040. The number of pyridine rings is 1. The van der Waals surface area contributed by atoms with Crippen LogP contribution in [0.4, 0.5) is 5.82 Å². The van der Waals surface area contributed by atoms with Crippen LogP contribution in [0, 0.1) is 0 Å². The Balaban J connectivity index is 1.62. The van der Waals surface area contributed by atoms with Crippen LogP contribution < -0.4 is 10.6 Å². The molecule has 2 atom stereocenters. The number of carbonyl (C=O) groups excluding carboxylic acids is 2. The summed E-state index contributed by atoms with van der Waals surface area (Å²) in [6.45, 7) is 0.793. The maximum atomic E-state index is 13.4. The minimum atomic E-state index is -1.20. The smallest absolute Gasteiger partial charge is 0.327 e. The maximum absolute atomic E-state index is 13.4. The molecule has 2 aromatic carbocycles. The Hall–Kier alpha value is -3.55. The quantitative estimate of drug-likeness (QED) is 0.637. The third kappa shape index (κ3) is 3.28. The second-order valence-electron chi connectivity index (χ2n) is 7.60. The van der Waals surface area contributed by atoms with Gasteiger partial charge in [-0.2, -0.15) is 0 Å². The highest BCUT2D eigenvalue weighted by Crippen LogP contribution is 2.45. The minimum absolute atomic E-state index is 0.245. The van der Waals surface area contributed by atoms with Crippen molar-refractivity contribution in [3.63, 3.8) is 0 Å². The van der Waals surface area contributed by atoms with Crippen molar-refractivity contribution in [1.82, 2.24) is 15.2 Å². The number of ether oxygens (including phenoxy) is 1. The molecule has 2 fully saturated rings. The van der Waals surface area contributed by atoms with E-state index in [0.717, 1.165) is 11.1 Å². The molecule has 2 aliphatic heterocycles. The number of esters is 1. The number of benzene rings is 2. The van der Waals surface area contributed by atoms with E-state index in [1.54, 1.807) is 18.3 Å². The summed E-state index contributed by atoms with van der Waals surface area (Å²) in [5.74, 6) is -0.132. The lowest BCUT2D eigenvalue weighted by Crippen LogP contribution is -2.65. The van der Waals surface area contributed by atoms with Gasteiger partial charge in [0.2, 0.25) is 11.6 Å². The highest BCUT2D eigenvalue weighted by molar-refractivity contribution is 5.95. The molecule has 1 aromatic heterocycles. The molecule has 0 saturated carbocycles. The van der Waals surface area contributed by atoms with Crippen molar-refractivity contribution >= 4 is 17.7 Å². The Labute approximate surface area is 180 Å². The van der Waals surface area contributed by atoms with E-state index >= 15 is 0 Å². The molecule has 5 rings (SSSR count). The van der Waals surface area contributed by atoms with Crippen LogP contribution in [-0.2, 0) is 20.1 Å². The SMILES string of the molecule is O=C(Nc1ccccn1)C1CNCC2C(=O)OC(c3ccccc3)(c3ccccc3)N12. The van der Waals surface area contributed by atoms with Crippen molar-refractivity contribution in [2.24, 2.45) is 0 Å². The Morgan fingerprint density at radius 1 is 0.968 bits per heavy atom. The Morgan fingerprint density at radius 3 is 2.23 bits per heavy atom. The lowest BCUT2D eigenvalue weighted by atomic mass is 9.90. The predicted molar refractivity (Wildman–Crippen MR) is 115 cm³/mol. The van der Waals surface area contributed by atoms with Gasteiger partial charge in [0.05, 0.1) is 0 Å². The monoisotopic (exact) mass is 414 g/mol. The summed E-state index contributed by atoms with van der Waals surface area (Å²) in [7, 11) is 0. The number of nitrogens with zero attached hydrogens (tertiary/aromatic N) is 2. The number of nitrogens with one attached hydrogen (secondary N) is 2. The number of anilines is 1. The number of cyclic esters (lactones) is 1. The van der Waals surface area contributed by atoms with Crippen LogP contribution in [0.1, 0.15) is 11.1 Å². The van der Waals surface area contributed by atoms with Gasteiger partial charge >= 0.3 is 5.97 Å². The zero-order valence-electron chi connectivity index (χ0n) is 16.8. The highest BCUT2D eigenvalue weighted by atomic mass is 16.6. The topological polar surface area (TPSA) is 83.6 Å². The van der Waals surface area contributed by atoms with Crippen molar-refractivity contribution in [2.75, 3.05) is 18.4 Å². The number of hydrogen-bond donors (Lipinski definition) is 2. The Morgan fingerprint density at radius 2 is 1.61 bits per heavy atom. The van der Waals surface area contributed by atoms with Gasteiger partial charge in [-0.25, -0.2) is 9.88 Å². The molecule has 31 heavy (non-hydrogen) atoms. The third-order valence-electron chi connectivity index (χ3n) is 5.78. The minimum Gasteiger partial charge on any atom is -0.434 e. The summed E-state index contributed by atoms with van der Waals surface area (Å²) in [4.78, 5) is 32.5. The number of aromatic nitrogens is 1. The molecule has 3 aromatic rings. The van der Waals surface area contributed by atoms with Gasteiger partial charge in [0.25, 0.3) is 0 Å². The first-order valence-electron chi connectivity index (χ1n) is 10.2. The van der Waals surface area contributed by atoms with Crippen molar-refractivity contribution in [2.45, 2.75) is 17.8 Å². The number of hydrogen-bond acceptors (Lipinski definition) is 6. The zero-order chi connectivity index (χ0) is 21.3. The molecule has 0 aliphatic carbocycles. The van der Waals surface area contributed by atoms with Crippen LogP contribution >= 0.6 is 0 Å². The van der Waals surface area contributed by atoms with E-state index in [9.17, 15) is 9.59 Å². The van der Waals surface area contributed by atoms with Gasteiger partial charge in [-0.3, -0.25) is 9.59 Å². The number of amides is 1. The lowest BCUT2D eigenvalue weighted by Gasteiger charge is -2.44. The van der Waals surface area contributed by atoms with E-state index in [1.165, 1.54) is 0 Å². The summed E-state index contributed by atoms with van der Waals surface area (Å²) in [6.07, 6.45) is 1.62. The molecule has 2 unspecified atom stereocenters. The average Bonchev–Trinajstić information content (AvgIpc) is 3.14. The van der Waals surface area contributed by atoms with Crippen LogP contribution in [0.2, 0.25) is 0 Å². The van der Waals surface area contributed by atoms with Gasteiger partial charge in [-0.05, 0) is 12.1 Å².